The van der Waals surface area contributed by atoms with E-state index in [2.05, 4.69) is 25.4 Å². The van der Waals surface area contributed by atoms with Crippen molar-refractivity contribution in [3.63, 3.8) is 0 Å². The summed E-state index contributed by atoms with van der Waals surface area (Å²) in [5.74, 6) is 0.866. The summed E-state index contributed by atoms with van der Waals surface area (Å²) in [4.78, 5) is 1.22. The van der Waals surface area contributed by atoms with Crippen LogP contribution in [0.5, 0.6) is 0 Å². The minimum atomic E-state index is 0.599. The first-order valence-corrected chi connectivity index (χ1v) is 8.56. The van der Waals surface area contributed by atoms with Crippen LogP contribution in [0.15, 0.2) is 23.1 Å². The molecule has 0 saturated heterocycles. The van der Waals surface area contributed by atoms with Crippen LogP contribution >= 0.6 is 35.0 Å². The summed E-state index contributed by atoms with van der Waals surface area (Å²) in [6.07, 6.45) is 5.19. The lowest BCUT2D eigenvalue weighted by molar-refractivity contribution is 0.304. The highest BCUT2D eigenvalue weighted by Crippen LogP contribution is 2.39. The molecule has 0 bridgehead atoms. The Morgan fingerprint density at radius 2 is 2.05 bits per heavy atom. The van der Waals surface area contributed by atoms with E-state index in [1.807, 2.05) is 23.9 Å². The van der Waals surface area contributed by atoms with E-state index in [-0.39, 0.29) is 0 Å². The summed E-state index contributed by atoms with van der Waals surface area (Å²) in [6, 6.07) is 6.54. The van der Waals surface area contributed by atoms with E-state index in [4.69, 9.17) is 23.2 Å². The number of halogens is 2. The Morgan fingerprint density at radius 3 is 2.68 bits per heavy atom. The molecule has 1 aliphatic carbocycles. The molecular weight excluding hydrogens is 297 g/mol. The van der Waals surface area contributed by atoms with Gasteiger partial charge in [-0.3, -0.25) is 0 Å². The van der Waals surface area contributed by atoms with E-state index in [1.165, 1.54) is 30.6 Å². The van der Waals surface area contributed by atoms with Crippen molar-refractivity contribution in [3.8, 4) is 0 Å². The average molecular weight is 318 g/mol. The molecule has 0 amide bonds. The van der Waals surface area contributed by atoms with Crippen LogP contribution in [0.2, 0.25) is 10.0 Å². The minimum Gasteiger partial charge on any atom is -0.316 e. The van der Waals surface area contributed by atoms with Gasteiger partial charge < -0.3 is 5.32 Å². The minimum absolute atomic E-state index is 0.599. The third-order valence-corrected chi connectivity index (χ3v) is 6.12. The zero-order valence-electron chi connectivity index (χ0n) is 11.5. The van der Waals surface area contributed by atoms with Gasteiger partial charge in [0.05, 0.1) is 10.0 Å². The second kappa shape index (κ2) is 7.21. The molecule has 3 unspecified atom stereocenters. The van der Waals surface area contributed by atoms with Crippen LogP contribution in [0.25, 0.3) is 0 Å². The lowest BCUT2D eigenvalue weighted by Gasteiger charge is -2.35. The van der Waals surface area contributed by atoms with Crippen LogP contribution in [0.1, 0.15) is 32.6 Å². The van der Waals surface area contributed by atoms with Crippen LogP contribution in [-0.2, 0) is 0 Å². The van der Waals surface area contributed by atoms with Crippen molar-refractivity contribution >= 4 is 35.0 Å². The van der Waals surface area contributed by atoms with Gasteiger partial charge in [-0.1, -0.05) is 36.5 Å². The molecule has 0 radical (unpaired) electrons. The summed E-state index contributed by atoms with van der Waals surface area (Å²) in [5.41, 5.74) is 0. The summed E-state index contributed by atoms with van der Waals surface area (Å²) in [7, 11) is 2.07. The summed E-state index contributed by atoms with van der Waals surface area (Å²) >= 11 is 14.0. The first-order chi connectivity index (χ1) is 9.13. The van der Waals surface area contributed by atoms with E-state index in [9.17, 15) is 0 Å². The van der Waals surface area contributed by atoms with E-state index in [1.54, 1.807) is 0 Å². The summed E-state index contributed by atoms with van der Waals surface area (Å²) in [5, 5.41) is 5.37. The molecule has 0 spiro atoms. The Kier molecular flexibility index (Phi) is 5.88. The smallest absolute Gasteiger partial charge is 0.0603 e. The molecule has 1 fully saturated rings. The fraction of sp³-hybridized carbons (Fsp3) is 0.600. The second-order valence-corrected chi connectivity index (χ2v) is 7.34. The standard InChI is InChI=1S/C15H21Cl2NS/c1-3-10-4-7-14(18-2)15(8-10)19-11-5-6-12(16)13(17)9-11/h5-6,9-10,14-15,18H,3-4,7-8H2,1-2H3. The maximum atomic E-state index is 6.10. The van der Waals surface area contributed by atoms with Gasteiger partial charge in [0.2, 0.25) is 0 Å². The van der Waals surface area contributed by atoms with Crippen LogP contribution < -0.4 is 5.32 Å². The molecule has 1 saturated carbocycles. The highest BCUT2D eigenvalue weighted by atomic mass is 35.5. The first kappa shape index (κ1) is 15.5. The molecule has 0 aliphatic heterocycles. The van der Waals surface area contributed by atoms with Gasteiger partial charge >= 0.3 is 0 Å². The van der Waals surface area contributed by atoms with E-state index in [0.717, 1.165) is 5.92 Å². The van der Waals surface area contributed by atoms with Gasteiger partial charge in [0, 0.05) is 16.2 Å². The van der Waals surface area contributed by atoms with Crippen molar-refractivity contribution in [1.29, 1.82) is 0 Å². The summed E-state index contributed by atoms with van der Waals surface area (Å²) in [6.45, 7) is 2.30. The molecule has 1 aliphatic rings. The predicted octanol–water partition coefficient (Wildman–Crippen LogP) is 5.25. The first-order valence-electron chi connectivity index (χ1n) is 6.93. The van der Waals surface area contributed by atoms with Gasteiger partial charge in [-0.15, -0.1) is 11.8 Å². The summed E-state index contributed by atoms with van der Waals surface area (Å²) < 4.78 is 0. The highest BCUT2D eigenvalue weighted by molar-refractivity contribution is 8.00. The monoisotopic (exact) mass is 317 g/mol. The maximum Gasteiger partial charge on any atom is 0.0603 e. The Morgan fingerprint density at radius 1 is 1.26 bits per heavy atom. The Balaban J connectivity index is 2.07. The Labute approximate surface area is 130 Å². The van der Waals surface area contributed by atoms with Crippen molar-refractivity contribution in [2.75, 3.05) is 7.05 Å². The Bertz CT molecular complexity index is 425. The molecule has 2 rings (SSSR count). The number of rotatable bonds is 4. The van der Waals surface area contributed by atoms with E-state index in [0.29, 0.717) is 21.3 Å². The molecule has 1 aromatic carbocycles. The molecule has 1 N–H and O–H groups in total. The van der Waals surface area contributed by atoms with Gasteiger partial charge in [0.1, 0.15) is 0 Å². The van der Waals surface area contributed by atoms with E-state index >= 15 is 0 Å². The van der Waals surface area contributed by atoms with Gasteiger partial charge in [0.15, 0.2) is 0 Å². The molecule has 1 aromatic rings. The average Bonchev–Trinajstić information content (AvgIpc) is 2.43. The molecule has 106 valence electrons. The number of benzene rings is 1. The lowest BCUT2D eigenvalue weighted by atomic mass is 9.84. The maximum absolute atomic E-state index is 6.10. The third kappa shape index (κ3) is 4.04. The molecule has 0 aromatic heterocycles. The van der Waals surface area contributed by atoms with Crippen LogP contribution in [0, 0.1) is 5.92 Å². The van der Waals surface area contributed by atoms with Crippen LogP contribution in [0.3, 0.4) is 0 Å². The quantitative estimate of drug-likeness (QED) is 0.813. The molecule has 1 nitrogen and oxygen atoms in total. The lowest BCUT2D eigenvalue weighted by Crippen LogP contribution is -2.40. The molecule has 3 atom stereocenters. The molecule has 0 heterocycles. The number of hydrogen-bond donors (Lipinski definition) is 1. The molecule has 4 heteroatoms. The highest BCUT2D eigenvalue weighted by Gasteiger charge is 2.29. The SMILES string of the molecule is CCC1CCC(NC)C(Sc2ccc(Cl)c(Cl)c2)C1. The predicted molar refractivity (Wildman–Crippen MR) is 86.6 cm³/mol. The molecular formula is C15H21Cl2NS. The Hall–Kier alpha value is 0.110. The zero-order chi connectivity index (χ0) is 13.8. The zero-order valence-corrected chi connectivity index (χ0v) is 13.8. The normalized spacial score (nSPS) is 27.5. The van der Waals surface area contributed by atoms with Crippen molar-refractivity contribution in [1.82, 2.24) is 5.32 Å². The van der Waals surface area contributed by atoms with E-state index < -0.39 is 0 Å². The van der Waals surface area contributed by atoms with Gasteiger partial charge in [-0.25, -0.2) is 0 Å². The second-order valence-electron chi connectivity index (χ2n) is 5.21. The van der Waals surface area contributed by atoms with Crippen molar-refractivity contribution in [2.24, 2.45) is 5.92 Å². The fourth-order valence-corrected chi connectivity index (χ4v) is 4.62. The largest absolute Gasteiger partial charge is 0.316 e. The number of nitrogens with one attached hydrogen (secondary N) is 1. The van der Waals surface area contributed by atoms with Gasteiger partial charge in [-0.05, 0) is 50.4 Å². The van der Waals surface area contributed by atoms with Crippen molar-refractivity contribution < 1.29 is 0 Å². The van der Waals surface area contributed by atoms with Gasteiger partial charge in [0.25, 0.3) is 0 Å². The topological polar surface area (TPSA) is 12.0 Å². The number of thioether (sulfide) groups is 1. The molecule has 19 heavy (non-hydrogen) atoms. The fourth-order valence-electron chi connectivity index (χ4n) is 2.77. The third-order valence-electron chi connectivity index (χ3n) is 4.03. The van der Waals surface area contributed by atoms with Gasteiger partial charge in [-0.2, -0.15) is 0 Å². The van der Waals surface area contributed by atoms with Crippen molar-refractivity contribution in [3.05, 3.63) is 28.2 Å². The van der Waals surface area contributed by atoms with Crippen LogP contribution in [-0.4, -0.2) is 18.3 Å². The van der Waals surface area contributed by atoms with Crippen LogP contribution in [0.4, 0.5) is 0 Å². The number of hydrogen-bond acceptors (Lipinski definition) is 2. The van der Waals surface area contributed by atoms with Crippen molar-refractivity contribution in [2.45, 2.75) is 48.8 Å².